The number of aliphatic carboxylic acids is 1. The number of thioether (sulfide) groups is 1. The van der Waals surface area contributed by atoms with Gasteiger partial charge in [-0.3, -0.25) is 9.59 Å². The molecule has 1 aromatic rings. The first-order chi connectivity index (χ1) is 8.62. The Morgan fingerprint density at radius 3 is 2.78 bits per heavy atom. The van der Waals surface area contributed by atoms with Gasteiger partial charge in [0.1, 0.15) is 0 Å². The van der Waals surface area contributed by atoms with E-state index in [-0.39, 0.29) is 5.91 Å². The molecule has 1 fully saturated rings. The molecule has 1 aromatic carbocycles. The Morgan fingerprint density at radius 1 is 1.39 bits per heavy atom. The molecule has 4 nitrogen and oxygen atoms in total. The summed E-state index contributed by atoms with van der Waals surface area (Å²) in [4.78, 5) is 23.7. The molecule has 3 rings (SSSR count). The fourth-order valence-electron chi connectivity index (χ4n) is 2.53. The molecule has 2 N–H and O–H groups in total. The molecule has 1 heterocycles. The smallest absolute Gasteiger partial charge is 0.314 e. The van der Waals surface area contributed by atoms with Gasteiger partial charge in [0.05, 0.1) is 16.9 Å². The van der Waals surface area contributed by atoms with Gasteiger partial charge in [0.25, 0.3) is 0 Å². The molecule has 1 aliphatic carbocycles. The quantitative estimate of drug-likeness (QED) is 0.858. The Labute approximate surface area is 109 Å². The zero-order valence-corrected chi connectivity index (χ0v) is 10.5. The highest BCUT2D eigenvalue weighted by molar-refractivity contribution is 8.00. The number of carboxylic acids is 1. The molecule has 1 aliphatic heterocycles. The van der Waals surface area contributed by atoms with Crippen LogP contribution in [0.4, 0.5) is 5.69 Å². The summed E-state index contributed by atoms with van der Waals surface area (Å²) >= 11 is 1.47. The van der Waals surface area contributed by atoms with E-state index in [4.69, 9.17) is 0 Å². The number of rotatable bonds is 2. The minimum atomic E-state index is -0.737. The number of carbonyl (C=O) groups is 2. The summed E-state index contributed by atoms with van der Waals surface area (Å²) in [7, 11) is 0. The summed E-state index contributed by atoms with van der Waals surface area (Å²) in [5, 5.41) is 12.2. The van der Waals surface area contributed by atoms with Crippen LogP contribution in [0.1, 0.15) is 24.8 Å². The van der Waals surface area contributed by atoms with Crippen molar-refractivity contribution in [3.63, 3.8) is 0 Å². The van der Waals surface area contributed by atoms with Crippen LogP contribution in [0.15, 0.2) is 23.1 Å². The first-order valence-electron chi connectivity index (χ1n) is 5.92. The summed E-state index contributed by atoms with van der Waals surface area (Å²) in [6.45, 7) is 0. The number of amides is 1. The third kappa shape index (κ3) is 1.61. The molecule has 0 atom stereocenters. The maximum Gasteiger partial charge on any atom is 0.314 e. The lowest BCUT2D eigenvalue weighted by atomic mass is 9.64. The van der Waals surface area contributed by atoms with E-state index in [0.29, 0.717) is 18.6 Å². The zero-order chi connectivity index (χ0) is 12.8. The van der Waals surface area contributed by atoms with E-state index in [0.717, 1.165) is 22.6 Å². The van der Waals surface area contributed by atoms with Gasteiger partial charge in [-0.25, -0.2) is 0 Å². The van der Waals surface area contributed by atoms with Crippen LogP contribution in [0.2, 0.25) is 0 Å². The number of nitrogens with one attached hydrogen (secondary N) is 1. The third-order valence-corrected chi connectivity index (χ3v) is 4.84. The summed E-state index contributed by atoms with van der Waals surface area (Å²) in [6, 6.07) is 5.57. The standard InChI is InChI=1S/C13H13NO3S/c15-11-7-18-10-6-8(2-3-9(10)14-11)13(12(16)17)4-1-5-13/h2-3,6H,1,4-5,7H2,(H,14,15)(H,16,17). The van der Waals surface area contributed by atoms with Gasteiger partial charge in [0.2, 0.25) is 5.91 Å². The highest BCUT2D eigenvalue weighted by Crippen LogP contribution is 2.46. The Balaban J connectivity index is 2.00. The van der Waals surface area contributed by atoms with Gasteiger partial charge < -0.3 is 10.4 Å². The number of hydrogen-bond donors (Lipinski definition) is 2. The van der Waals surface area contributed by atoms with Crippen molar-refractivity contribution >= 4 is 29.3 Å². The van der Waals surface area contributed by atoms with Crippen LogP contribution in [0.25, 0.3) is 0 Å². The van der Waals surface area contributed by atoms with Crippen LogP contribution in [0, 0.1) is 0 Å². The first kappa shape index (κ1) is 11.6. The van der Waals surface area contributed by atoms with Gasteiger partial charge >= 0.3 is 5.97 Å². The van der Waals surface area contributed by atoms with Crippen molar-refractivity contribution in [3.8, 4) is 0 Å². The van der Waals surface area contributed by atoms with Gasteiger partial charge in [-0.2, -0.15) is 0 Å². The summed E-state index contributed by atoms with van der Waals surface area (Å²) in [5.41, 5.74) is 0.959. The molecule has 0 radical (unpaired) electrons. The molecule has 94 valence electrons. The van der Waals surface area contributed by atoms with Crippen LogP contribution >= 0.6 is 11.8 Å². The van der Waals surface area contributed by atoms with Crippen LogP contribution in [0.5, 0.6) is 0 Å². The molecule has 0 aromatic heterocycles. The average Bonchev–Trinajstić information content (AvgIpc) is 2.27. The Bertz CT molecular complexity index is 537. The largest absolute Gasteiger partial charge is 0.481 e. The zero-order valence-electron chi connectivity index (χ0n) is 9.73. The van der Waals surface area contributed by atoms with Gasteiger partial charge in [0, 0.05) is 4.90 Å². The lowest BCUT2D eigenvalue weighted by Crippen LogP contribution is -2.42. The number of carboxylic acid groups (broad SMARTS) is 1. The molecule has 1 amide bonds. The van der Waals surface area contributed by atoms with Crippen LogP contribution < -0.4 is 5.32 Å². The van der Waals surface area contributed by atoms with E-state index < -0.39 is 11.4 Å². The second kappa shape index (κ2) is 4.02. The second-order valence-corrected chi connectivity index (χ2v) is 5.81. The molecule has 0 bridgehead atoms. The van der Waals surface area contributed by atoms with Crippen molar-refractivity contribution in [2.75, 3.05) is 11.1 Å². The van der Waals surface area contributed by atoms with Gasteiger partial charge in [0.15, 0.2) is 0 Å². The van der Waals surface area contributed by atoms with Crippen molar-refractivity contribution in [1.82, 2.24) is 0 Å². The summed E-state index contributed by atoms with van der Waals surface area (Å²) in [5.74, 6) is -0.341. The number of benzene rings is 1. The highest BCUT2D eigenvalue weighted by atomic mass is 32.2. The molecule has 2 aliphatic rings. The van der Waals surface area contributed by atoms with Crippen molar-refractivity contribution in [2.24, 2.45) is 0 Å². The second-order valence-electron chi connectivity index (χ2n) is 4.79. The predicted molar refractivity (Wildman–Crippen MR) is 69.0 cm³/mol. The minimum Gasteiger partial charge on any atom is -0.481 e. The molecular weight excluding hydrogens is 250 g/mol. The summed E-state index contributed by atoms with van der Waals surface area (Å²) in [6.07, 6.45) is 2.38. The topological polar surface area (TPSA) is 66.4 Å². The van der Waals surface area contributed by atoms with Crippen LogP contribution in [-0.2, 0) is 15.0 Å². The SMILES string of the molecule is O=C1CSc2cc(C3(C(=O)O)CCC3)ccc2N1. The Morgan fingerprint density at radius 2 is 2.17 bits per heavy atom. The first-order valence-corrected chi connectivity index (χ1v) is 6.91. The molecule has 1 saturated carbocycles. The Kier molecular flexibility index (Phi) is 2.59. The number of anilines is 1. The van der Waals surface area contributed by atoms with E-state index in [1.165, 1.54) is 11.8 Å². The van der Waals surface area contributed by atoms with E-state index in [9.17, 15) is 14.7 Å². The highest BCUT2D eigenvalue weighted by Gasteiger charge is 2.46. The molecular formula is C13H13NO3S. The van der Waals surface area contributed by atoms with Crippen molar-refractivity contribution in [1.29, 1.82) is 0 Å². The van der Waals surface area contributed by atoms with Gasteiger partial charge in [-0.05, 0) is 30.5 Å². The molecule has 5 heteroatoms. The molecule has 18 heavy (non-hydrogen) atoms. The summed E-state index contributed by atoms with van der Waals surface area (Å²) < 4.78 is 0. The predicted octanol–water partition coefficient (Wildman–Crippen LogP) is 2.24. The molecule has 0 spiro atoms. The van der Waals surface area contributed by atoms with E-state index >= 15 is 0 Å². The number of fused-ring (bicyclic) bond motifs is 1. The van der Waals surface area contributed by atoms with Gasteiger partial charge in [-0.15, -0.1) is 11.8 Å². The van der Waals surface area contributed by atoms with E-state index in [2.05, 4.69) is 5.32 Å². The molecule has 0 unspecified atom stereocenters. The average molecular weight is 263 g/mol. The fourth-order valence-corrected chi connectivity index (χ4v) is 3.37. The van der Waals surface area contributed by atoms with E-state index in [1.54, 1.807) is 0 Å². The third-order valence-electron chi connectivity index (χ3n) is 3.78. The fraction of sp³-hybridized carbons (Fsp3) is 0.385. The Hall–Kier alpha value is -1.49. The minimum absolute atomic E-state index is 0.00292. The normalized spacial score (nSPS) is 20.6. The maximum atomic E-state index is 11.4. The number of hydrogen-bond acceptors (Lipinski definition) is 3. The molecule has 0 saturated heterocycles. The van der Waals surface area contributed by atoms with Crippen LogP contribution in [0.3, 0.4) is 0 Å². The number of carbonyl (C=O) groups excluding carboxylic acids is 1. The monoisotopic (exact) mass is 263 g/mol. The van der Waals surface area contributed by atoms with E-state index in [1.807, 2.05) is 18.2 Å². The van der Waals surface area contributed by atoms with Crippen molar-refractivity contribution in [2.45, 2.75) is 29.6 Å². The van der Waals surface area contributed by atoms with Crippen molar-refractivity contribution < 1.29 is 14.7 Å². The lowest BCUT2D eigenvalue weighted by Gasteiger charge is -2.38. The maximum absolute atomic E-state index is 11.4. The van der Waals surface area contributed by atoms with Crippen LogP contribution in [-0.4, -0.2) is 22.7 Å². The lowest BCUT2D eigenvalue weighted by molar-refractivity contribution is -0.147. The van der Waals surface area contributed by atoms with Crippen molar-refractivity contribution in [3.05, 3.63) is 23.8 Å². The van der Waals surface area contributed by atoms with Gasteiger partial charge in [-0.1, -0.05) is 12.5 Å².